The summed E-state index contributed by atoms with van der Waals surface area (Å²) in [5.41, 5.74) is 8.16. The largest absolute Gasteiger partial charge is 0.399 e. The fourth-order valence-corrected chi connectivity index (χ4v) is 1.22. The molecule has 0 aliphatic heterocycles. The Bertz CT molecular complexity index is 361. The molecule has 0 aliphatic rings. The monoisotopic (exact) mass is 206 g/mol. The molecular formula is C12H18N2O. The molecule has 0 unspecified atom stereocenters. The van der Waals surface area contributed by atoms with Crippen LogP contribution in [0.25, 0.3) is 0 Å². The Morgan fingerprint density at radius 3 is 2.80 bits per heavy atom. The molecule has 0 aromatic heterocycles. The summed E-state index contributed by atoms with van der Waals surface area (Å²) in [4.78, 5) is 11.7. The molecule has 0 saturated heterocycles. The van der Waals surface area contributed by atoms with Gasteiger partial charge >= 0.3 is 0 Å². The molecule has 3 heteroatoms. The van der Waals surface area contributed by atoms with E-state index in [1.54, 1.807) is 6.07 Å². The van der Waals surface area contributed by atoms with Gasteiger partial charge in [-0.3, -0.25) is 4.79 Å². The van der Waals surface area contributed by atoms with Crippen molar-refractivity contribution >= 4 is 17.3 Å². The number of aryl methyl sites for hydroxylation is 1. The number of rotatable bonds is 3. The van der Waals surface area contributed by atoms with E-state index in [9.17, 15) is 4.79 Å². The summed E-state index contributed by atoms with van der Waals surface area (Å²) in [5.74, 6) is 0.0806. The number of hydrogen-bond donors (Lipinski definition) is 2. The molecule has 0 radical (unpaired) electrons. The summed E-state index contributed by atoms with van der Waals surface area (Å²) in [6, 6.07) is 5.52. The number of benzene rings is 1. The van der Waals surface area contributed by atoms with Crippen LogP contribution in [0, 0.1) is 12.8 Å². The topological polar surface area (TPSA) is 55.1 Å². The number of nitrogens with one attached hydrogen (secondary N) is 1. The van der Waals surface area contributed by atoms with Crippen LogP contribution in [0.4, 0.5) is 11.4 Å². The highest BCUT2D eigenvalue weighted by molar-refractivity contribution is 5.93. The first-order chi connectivity index (χ1) is 7.04. The summed E-state index contributed by atoms with van der Waals surface area (Å²) in [7, 11) is 0. The maximum Gasteiger partial charge on any atom is 0.227 e. The molecule has 0 aliphatic carbocycles. The van der Waals surface area contributed by atoms with Crippen molar-refractivity contribution in [2.45, 2.75) is 27.2 Å². The van der Waals surface area contributed by atoms with Crippen molar-refractivity contribution in [2.24, 2.45) is 5.92 Å². The minimum atomic E-state index is 0.0332. The van der Waals surface area contributed by atoms with Gasteiger partial charge in [0.05, 0.1) is 0 Å². The van der Waals surface area contributed by atoms with Crippen molar-refractivity contribution in [3.05, 3.63) is 23.8 Å². The maximum absolute atomic E-state index is 11.7. The van der Waals surface area contributed by atoms with Crippen LogP contribution in [0.1, 0.15) is 25.8 Å². The van der Waals surface area contributed by atoms with E-state index in [1.165, 1.54) is 0 Å². The van der Waals surface area contributed by atoms with Gasteiger partial charge in [-0.2, -0.15) is 0 Å². The second-order valence-corrected chi connectivity index (χ2v) is 3.87. The van der Waals surface area contributed by atoms with Gasteiger partial charge in [0.1, 0.15) is 0 Å². The molecule has 0 spiro atoms. The Kier molecular flexibility index (Phi) is 3.72. The van der Waals surface area contributed by atoms with Gasteiger partial charge in [0, 0.05) is 17.3 Å². The van der Waals surface area contributed by atoms with Gasteiger partial charge in [0.25, 0.3) is 0 Å². The van der Waals surface area contributed by atoms with Gasteiger partial charge in [-0.1, -0.05) is 19.9 Å². The zero-order chi connectivity index (χ0) is 11.4. The lowest BCUT2D eigenvalue weighted by Gasteiger charge is -2.12. The van der Waals surface area contributed by atoms with Gasteiger partial charge in [-0.25, -0.2) is 0 Å². The Balaban J connectivity index is 2.80. The van der Waals surface area contributed by atoms with Gasteiger partial charge in [0.2, 0.25) is 5.91 Å². The van der Waals surface area contributed by atoms with Crippen LogP contribution in [0.2, 0.25) is 0 Å². The van der Waals surface area contributed by atoms with E-state index in [0.717, 1.165) is 17.7 Å². The second-order valence-electron chi connectivity index (χ2n) is 3.87. The van der Waals surface area contributed by atoms with Crippen LogP contribution in [0.15, 0.2) is 18.2 Å². The lowest BCUT2D eigenvalue weighted by Crippen LogP contribution is -2.20. The summed E-state index contributed by atoms with van der Waals surface area (Å²) in [6.07, 6.45) is 0.840. The van der Waals surface area contributed by atoms with E-state index in [1.807, 2.05) is 32.9 Å². The molecule has 1 aromatic carbocycles. The number of amides is 1. The van der Waals surface area contributed by atoms with Gasteiger partial charge < -0.3 is 11.1 Å². The third kappa shape index (κ3) is 2.98. The molecule has 3 N–H and O–H groups in total. The van der Waals surface area contributed by atoms with Crippen molar-refractivity contribution in [2.75, 3.05) is 11.1 Å². The molecule has 3 nitrogen and oxygen atoms in total. The minimum Gasteiger partial charge on any atom is -0.399 e. The lowest BCUT2D eigenvalue weighted by atomic mass is 10.1. The Labute approximate surface area is 90.7 Å². The smallest absolute Gasteiger partial charge is 0.227 e. The molecule has 1 aromatic rings. The van der Waals surface area contributed by atoms with Crippen molar-refractivity contribution in [3.63, 3.8) is 0 Å². The predicted octanol–water partition coefficient (Wildman–Crippen LogP) is 2.56. The highest BCUT2D eigenvalue weighted by Crippen LogP contribution is 2.19. The summed E-state index contributed by atoms with van der Waals surface area (Å²) in [6.45, 7) is 5.86. The van der Waals surface area contributed by atoms with E-state index in [-0.39, 0.29) is 11.8 Å². The molecule has 1 rings (SSSR count). The second kappa shape index (κ2) is 4.82. The average molecular weight is 206 g/mol. The van der Waals surface area contributed by atoms with Crippen LogP contribution >= 0.6 is 0 Å². The molecule has 0 saturated carbocycles. The number of carbonyl (C=O) groups excluding carboxylic acids is 1. The van der Waals surface area contributed by atoms with Crippen molar-refractivity contribution < 1.29 is 4.79 Å². The molecule has 0 bridgehead atoms. The first kappa shape index (κ1) is 11.6. The number of hydrogen-bond acceptors (Lipinski definition) is 2. The van der Waals surface area contributed by atoms with Crippen molar-refractivity contribution in [1.82, 2.24) is 0 Å². The molecule has 15 heavy (non-hydrogen) atoms. The Morgan fingerprint density at radius 2 is 2.20 bits per heavy atom. The van der Waals surface area contributed by atoms with Gasteiger partial charge in [0.15, 0.2) is 0 Å². The number of anilines is 2. The predicted molar refractivity (Wildman–Crippen MR) is 63.7 cm³/mol. The molecule has 82 valence electrons. The van der Waals surface area contributed by atoms with Crippen LogP contribution in [0.3, 0.4) is 0 Å². The average Bonchev–Trinajstić information content (AvgIpc) is 2.22. The van der Waals surface area contributed by atoms with Crippen molar-refractivity contribution in [1.29, 1.82) is 0 Å². The summed E-state index contributed by atoms with van der Waals surface area (Å²) < 4.78 is 0. The van der Waals surface area contributed by atoms with Crippen LogP contribution in [0.5, 0.6) is 0 Å². The molecule has 1 atom stereocenters. The van der Waals surface area contributed by atoms with Crippen molar-refractivity contribution in [3.8, 4) is 0 Å². The van der Waals surface area contributed by atoms with E-state index < -0.39 is 0 Å². The van der Waals surface area contributed by atoms with Crippen LogP contribution in [-0.2, 0) is 4.79 Å². The third-order valence-electron chi connectivity index (χ3n) is 2.58. The molecule has 0 fully saturated rings. The van der Waals surface area contributed by atoms with E-state index >= 15 is 0 Å². The number of carbonyl (C=O) groups is 1. The zero-order valence-corrected chi connectivity index (χ0v) is 9.50. The lowest BCUT2D eigenvalue weighted by molar-refractivity contribution is -0.119. The fourth-order valence-electron chi connectivity index (χ4n) is 1.22. The van der Waals surface area contributed by atoms with Crippen LogP contribution < -0.4 is 11.1 Å². The molecular weight excluding hydrogens is 188 g/mol. The Hall–Kier alpha value is -1.51. The van der Waals surface area contributed by atoms with Gasteiger partial charge in [-0.05, 0) is 31.0 Å². The first-order valence-corrected chi connectivity index (χ1v) is 5.21. The number of nitrogens with two attached hydrogens (primary N) is 1. The summed E-state index contributed by atoms with van der Waals surface area (Å²) in [5, 5.41) is 2.88. The number of nitrogen functional groups attached to an aromatic ring is 1. The zero-order valence-electron chi connectivity index (χ0n) is 9.50. The third-order valence-corrected chi connectivity index (χ3v) is 2.58. The highest BCUT2D eigenvalue weighted by Gasteiger charge is 2.11. The minimum absolute atomic E-state index is 0.0332. The molecule has 0 heterocycles. The van der Waals surface area contributed by atoms with Crippen LogP contribution in [-0.4, -0.2) is 5.91 Å². The highest BCUT2D eigenvalue weighted by atomic mass is 16.1. The SMILES string of the molecule is CC[C@@H](C)C(=O)Nc1cc(N)ccc1C. The van der Waals surface area contributed by atoms with Gasteiger partial charge in [-0.15, -0.1) is 0 Å². The first-order valence-electron chi connectivity index (χ1n) is 5.21. The normalized spacial score (nSPS) is 12.2. The summed E-state index contributed by atoms with van der Waals surface area (Å²) >= 11 is 0. The fraction of sp³-hybridized carbons (Fsp3) is 0.417. The Morgan fingerprint density at radius 1 is 1.53 bits per heavy atom. The van der Waals surface area contributed by atoms with E-state index in [2.05, 4.69) is 5.32 Å². The quantitative estimate of drug-likeness (QED) is 0.747. The standard InChI is InChI=1S/C12H18N2O/c1-4-8(2)12(15)14-11-7-10(13)6-5-9(11)3/h5-8H,4,13H2,1-3H3,(H,14,15)/t8-/m1/s1. The molecule has 1 amide bonds. The maximum atomic E-state index is 11.7. The van der Waals surface area contributed by atoms with E-state index in [4.69, 9.17) is 5.73 Å². The van der Waals surface area contributed by atoms with E-state index in [0.29, 0.717) is 5.69 Å².